The van der Waals surface area contributed by atoms with Crippen molar-refractivity contribution in [2.75, 3.05) is 13.2 Å². The number of carboxylic acid groups (broad SMARTS) is 1. The second-order valence-corrected chi connectivity index (χ2v) is 13.5. The number of carbonyl (C=O) groups excluding carboxylic acids is 1. The molecule has 2 unspecified atom stereocenters. The Balaban J connectivity index is 1.39. The van der Waals surface area contributed by atoms with Crippen LogP contribution in [0.2, 0.25) is 0 Å². The average molecular weight is 517 g/mol. The molecule has 0 radical (unpaired) electrons. The van der Waals surface area contributed by atoms with E-state index in [0.717, 1.165) is 37.5 Å². The van der Waals surface area contributed by atoms with E-state index in [2.05, 4.69) is 33.8 Å². The van der Waals surface area contributed by atoms with Crippen LogP contribution in [-0.2, 0) is 23.8 Å². The summed E-state index contributed by atoms with van der Waals surface area (Å²) in [5, 5.41) is 22.5. The number of carbonyl (C=O) groups is 2. The summed E-state index contributed by atoms with van der Waals surface area (Å²) in [4.78, 5) is 26.8. The van der Waals surface area contributed by atoms with E-state index in [0.29, 0.717) is 24.9 Å². The Morgan fingerprint density at radius 3 is 2.68 bits per heavy atom. The summed E-state index contributed by atoms with van der Waals surface area (Å²) in [6.45, 7) is 11.2. The maximum atomic E-state index is 13.6. The molecule has 3 saturated carbocycles. The van der Waals surface area contributed by atoms with Crippen molar-refractivity contribution in [1.29, 1.82) is 0 Å². The maximum Gasteiger partial charge on any atom is 0.315 e. The standard InChI is InChI=1S/C30H44O7/c1-6-18-12-35-25-17(5)37-26(24(32)23(18)25)36-14-29-11-20-16(4)7-8-21(20)28(13-31)10-19(29)9-22(15(2)3)30(28,29)27(33)34/h9,13,15-21,23-26,32H,6-8,10-12,14H2,1-5H3,(H,33,34)/t16-,17-,18-,19-,20-,21-,23+,24+,25-,26-,28+,29?,30?/m1/s1. The molecule has 0 spiro atoms. The van der Waals surface area contributed by atoms with E-state index >= 15 is 0 Å². The van der Waals surface area contributed by atoms with Crippen molar-refractivity contribution in [3.05, 3.63) is 11.6 Å². The Morgan fingerprint density at radius 1 is 1.27 bits per heavy atom. The van der Waals surface area contributed by atoms with Crippen LogP contribution >= 0.6 is 0 Å². The summed E-state index contributed by atoms with van der Waals surface area (Å²) in [5.74, 6) is 0.142. The first-order valence-electron chi connectivity index (χ1n) is 14.6. The Kier molecular flexibility index (Phi) is 6.04. The highest BCUT2D eigenvalue weighted by Crippen LogP contribution is 2.82. The van der Waals surface area contributed by atoms with Crippen molar-refractivity contribution >= 4 is 12.3 Å². The summed E-state index contributed by atoms with van der Waals surface area (Å²) >= 11 is 0. The van der Waals surface area contributed by atoms with Gasteiger partial charge in [-0.1, -0.05) is 52.2 Å². The number of fused-ring (bicyclic) bond motifs is 3. The molecule has 13 atom stereocenters. The molecule has 37 heavy (non-hydrogen) atoms. The van der Waals surface area contributed by atoms with E-state index in [1.54, 1.807) is 0 Å². The molecular weight excluding hydrogens is 472 g/mol. The molecule has 2 aliphatic heterocycles. The van der Waals surface area contributed by atoms with Crippen LogP contribution in [0, 0.1) is 57.7 Å². The third-order valence-corrected chi connectivity index (χ3v) is 12.1. The molecule has 5 fully saturated rings. The number of carboxylic acids is 1. The first kappa shape index (κ1) is 26.0. The summed E-state index contributed by atoms with van der Waals surface area (Å²) in [7, 11) is 0. The zero-order chi connectivity index (χ0) is 26.5. The first-order valence-corrected chi connectivity index (χ1v) is 14.6. The van der Waals surface area contributed by atoms with E-state index in [-0.39, 0.29) is 48.4 Å². The van der Waals surface area contributed by atoms with Crippen LogP contribution < -0.4 is 0 Å². The van der Waals surface area contributed by atoms with Crippen LogP contribution in [0.3, 0.4) is 0 Å². The molecule has 4 bridgehead atoms. The van der Waals surface area contributed by atoms with Gasteiger partial charge >= 0.3 is 5.97 Å². The minimum absolute atomic E-state index is 0.0220. The number of aliphatic carboxylic acids is 1. The van der Waals surface area contributed by atoms with Crippen molar-refractivity contribution in [2.24, 2.45) is 57.7 Å². The number of rotatable bonds is 7. The summed E-state index contributed by atoms with van der Waals surface area (Å²) < 4.78 is 18.7. The van der Waals surface area contributed by atoms with Gasteiger partial charge in [0.1, 0.15) is 17.8 Å². The number of aldehydes is 1. The number of hydrogen-bond donors (Lipinski definition) is 2. The van der Waals surface area contributed by atoms with Gasteiger partial charge in [-0.3, -0.25) is 4.79 Å². The first-order chi connectivity index (χ1) is 17.6. The third-order valence-electron chi connectivity index (χ3n) is 12.1. The molecule has 7 heteroatoms. The van der Waals surface area contributed by atoms with Crippen molar-refractivity contribution in [3.8, 4) is 0 Å². The van der Waals surface area contributed by atoms with Crippen LogP contribution in [0.5, 0.6) is 0 Å². The molecule has 6 rings (SSSR count). The lowest BCUT2D eigenvalue weighted by Crippen LogP contribution is -2.64. The largest absolute Gasteiger partial charge is 0.481 e. The molecule has 2 N–H and O–H groups in total. The van der Waals surface area contributed by atoms with E-state index < -0.39 is 34.6 Å². The molecule has 2 saturated heterocycles. The second kappa shape index (κ2) is 8.61. The minimum Gasteiger partial charge on any atom is -0.481 e. The number of allylic oxidation sites excluding steroid dienone is 1. The van der Waals surface area contributed by atoms with Gasteiger partial charge in [0.15, 0.2) is 6.29 Å². The molecule has 0 aromatic carbocycles. The van der Waals surface area contributed by atoms with Crippen molar-refractivity contribution in [3.63, 3.8) is 0 Å². The predicted molar refractivity (Wildman–Crippen MR) is 135 cm³/mol. The molecule has 0 aromatic heterocycles. The summed E-state index contributed by atoms with van der Waals surface area (Å²) in [5.41, 5.74) is -2.01. The third kappa shape index (κ3) is 2.98. The normalized spacial score (nSPS) is 53.8. The quantitative estimate of drug-likeness (QED) is 0.388. The number of aliphatic hydroxyl groups is 1. The second-order valence-electron chi connectivity index (χ2n) is 13.5. The molecule has 6 aliphatic rings. The van der Waals surface area contributed by atoms with Crippen LogP contribution in [0.4, 0.5) is 0 Å². The fourth-order valence-electron chi connectivity index (χ4n) is 10.6. The number of aliphatic hydroxyl groups excluding tert-OH is 1. The predicted octanol–water partition coefficient (Wildman–Crippen LogP) is 4.07. The zero-order valence-electron chi connectivity index (χ0n) is 22.9. The van der Waals surface area contributed by atoms with Gasteiger partial charge in [-0.2, -0.15) is 0 Å². The molecular formula is C30H44O7. The Hall–Kier alpha value is -1.28. The van der Waals surface area contributed by atoms with Crippen LogP contribution in [0.15, 0.2) is 11.6 Å². The van der Waals surface area contributed by atoms with Gasteiger partial charge in [0.2, 0.25) is 0 Å². The molecule has 0 aromatic rings. The van der Waals surface area contributed by atoms with Gasteiger partial charge in [-0.25, -0.2) is 0 Å². The molecule has 7 nitrogen and oxygen atoms in total. The average Bonchev–Trinajstić information content (AvgIpc) is 3.58. The van der Waals surface area contributed by atoms with Crippen LogP contribution in [0.25, 0.3) is 0 Å². The Bertz CT molecular complexity index is 992. The lowest BCUT2D eigenvalue weighted by molar-refractivity contribution is -0.289. The van der Waals surface area contributed by atoms with Crippen LogP contribution in [-0.4, -0.2) is 60.3 Å². The van der Waals surface area contributed by atoms with Gasteiger partial charge < -0.3 is 29.2 Å². The van der Waals surface area contributed by atoms with E-state index in [1.165, 1.54) is 0 Å². The summed E-state index contributed by atoms with van der Waals surface area (Å²) in [6, 6.07) is 0. The van der Waals surface area contributed by atoms with Gasteiger partial charge in [0, 0.05) is 11.3 Å². The lowest BCUT2D eigenvalue weighted by Gasteiger charge is -2.58. The highest BCUT2D eigenvalue weighted by atomic mass is 16.7. The van der Waals surface area contributed by atoms with Crippen molar-refractivity contribution in [2.45, 2.75) is 91.3 Å². The summed E-state index contributed by atoms with van der Waals surface area (Å²) in [6.07, 6.45) is 5.37. The highest BCUT2D eigenvalue weighted by molar-refractivity contribution is 5.90. The van der Waals surface area contributed by atoms with Crippen molar-refractivity contribution in [1.82, 2.24) is 0 Å². The molecule has 0 amide bonds. The number of hydrogen-bond acceptors (Lipinski definition) is 6. The fraction of sp³-hybridized carbons (Fsp3) is 0.867. The monoisotopic (exact) mass is 516 g/mol. The lowest BCUT2D eigenvalue weighted by atomic mass is 9.43. The topological polar surface area (TPSA) is 102 Å². The zero-order valence-corrected chi connectivity index (χ0v) is 22.9. The minimum atomic E-state index is -1.28. The fourth-order valence-corrected chi connectivity index (χ4v) is 10.6. The molecule has 206 valence electrons. The smallest absolute Gasteiger partial charge is 0.315 e. The SMILES string of the molecule is CC[C@@H]1CO[C@H]2[C@@H]1[C@H](O)[C@H](OCC13C[C@@H]4[C@H](C)CC[C@H]4[C@@]4(C=O)C[C@H]1C=C(C(C)C)C34C(=O)O)O[C@@H]2C. The molecule has 2 heterocycles. The van der Waals surface area contributed by atoms with Gasteiger partial charge in [0.05, 0.1) is 30.8 Å². The van der Waals surface area contributed by atoms with Crippen molar-refractivity contribution < 1.29 is 34.0 Å². The van der Waals surface area contributed by atoms with E-state index in [4.69, 9.17) is 14.2 Å². The van der Waals surface area contributed by atoms with Crippen LogP contribution in [0.1, 0.15) is 66.7 Å². The Labute approximate surface area is 220 Å². The van der Waals surface area contributed by atoms with Gasteiger partial charge in [-0.15, -0.1) is 0 Å². The van der Waals surface area contributed by atoms with Gasteiger partial charge in [0.25, 0.3) is 0 Å². The number of ether oxygens (including phenoxy) is 3. The van der Waals surface area contributed by atoms with E-state index in [9.17, 15) is 19.8 Å². The molecule has 4 aliphatic carbocycles. The van der Waals surface area contributed by atoms with E-state index in [1.807, 2.05) is 6.92 Å². The Morgan fingerprint density at radius 2 is 2.03 bits per heavy atom. The maximum absolute atomic E-state index is 13.6. The van der Waals surface area contributed by atoms with Gasteiger partial charge in [-0.05, 0) is 61.7 Å². The highest BCUT2D eigenvalue weighted by Gasteiger charge is 2.84.